The molecule has 21 heavy (non-hydrogen) atoms. The van der Waals surface area contributed by atoms with Crippen molar-refractivity contribution in [1.29, 1.82) is 0 Å². The zero-order chi connectivity index (χ0) is 15.4. The minimum atomic E-state index is -0.283. The average molecular weight is 287 g/mol. The van der Waals surface area contributed by atoms with Gasteiger partial charge in [-0.05, 0) is 17.4 Å². The second-order valence-corrected chi connectivity index (χ2v) is 5.46. The van der Waals surface area contributed by atoms with Gasteiger partial charge in [-0.3, -0.25) is 4.79 Å². The fourth-order valence-electron chi connectivity index (χ4n) is 2.26. The maximum absolute atomic E-state index is 12.4. The van der Waals surface area contributed by atoms with Crippen LogP contribution >= 0.6 is 0 Å². The van der Waals surface area contributed by atoms with E-state index >= 15 is 0 Å². The molecular weight excluding hydrogens is 266 g/mol. The molecule has 0 spiro atoms. The van der Waals surface area contributed by atoms with Crippen molar-refractivity contribution in [1.82, 2.24) is 5.32 Å². The number of ether oxygens (including phenoxy) is 1. The summed E-state index contributed by atoms with van der Waals surface area (Å²) in [6.07, 6.45) is 0. The lowest BCUT2D eigenvalue weighted by molar-refractivity contribution is 0.0864. The Labute approximate surface area is 124 Å². The molecule has 1 atom stereocenters. The molecule has 0 radical (unpaired) electrons. The maximum atomic E-state index is 12.4. The molecule has 1 amide bonds. The number of hydrogen-bond donors (Lipinski definition) is 2. The first kappa shape index (κ1) is 15.3. The van der Waals surface area contributed by atoms with E-state index in [-0.39, 0.29) is 29.2 Å². The predicted octanol–water partition coefficient (Wildman–Crippen LogP) is 2.95. The number of hydrogen-bond acceptors (Lipinski definition) is 3. The Hall–Kier alpha value is -2.07. The fourth-order valence-corrected chi connectivity index (χ4v) is 2.26. The summed E-state index contributed by atoms with van der Waals surface area (Å²) in [7, 11) is 1.61. The van der Waals surface area contributed by atoms with Crippen molar-refractivity contribution >= 4 is 16.7 Å². The molecule has 0 aliphatic rings. The van der Waals surface area contributed by atoms with Gasteiger partial charge in [0.2, 0.25) is 0 Å². The highest BCUT2D eigenvalue weighted by molar-refractivity contribution is 6.03. The van der Waals surface area contributed by atoms with E-state index in [1.165, 1.54) is 0 Å². The van der Waals surface area contributed by atoms with Crippen molar-refractivity contribution < 1.29 is 14.6 Å². The molecule has 0 saturated carbocycles. The monoisotopic (exact) mass is 287 g/mol. The van der Waals surface area contributed by atoms with Gasteiger partial charge in [0.05, 0.1) is 18.2 Å². The molecule has 4 nitrogen and oxygen atoms in total. The summed E-state index contributed by atoms with van der Waals surface area (Å²) in [6, 6.07) is 10.8. The highest BCUT2D eigenvalue weighted by atomic mass is 16.5. The largest absolute Gasteiger partial charge is 0.506 e. The van der Waals surface area contributed by atoms with Crippen LogP contribution in [-0.4, -0.2) is 30.8 Å². The topological polar surface area (TPSA) is 58.6 Å². The molecule has 2 aromatic carbocycles. The number of amides is 1. The van der Waals surface area contributed by atoms with Crippen molar-refractivity contribution in [3.05, 3.63) is 42.0 Å². The van der Waals surface area contributed by atoms with Gasteiger partial charge in [-0.15, -0.1) is 0 Å². The van der Waals surface area contributed by atoms with E-state index in [0.29, 0.717) is 12.0 Å². The second-order valence-electron chi connectivity index (χ2n) is 5.46. The van der Waals surface area contributed by atoms with Crippen molar-refractivity contribution in [3.63, 3.8) is 0 Å². The van der Waals surface area contributed by atoms with Gasteiger partial charge in [0.15, 0.2) is 0 Å². The number of carbonyl (C=O) groups excluding carboxylic acids is 1. The molecule has 0 aliphatic heterocycles. The molecule has 4 heteroatoms. The number of methoxy groups -OCH3 is 1. The van der Waals surface area contributed by atoms with E-state index in [1.807, 2.05) is 38.1 Å². The lowest BCUT2D eigenvalue weighted by Gasteiger charge is -2.22. The Morgan fingerprint density at radius 2 is 1.95 bits per heavy atom. The number of carbonyl (C=O) groups is 1. The summed E-state index contributed by atoms with van der Waals surface area (Å²) in [5.74, 6) is -0.0176. The molecule has 0 aliphatic carbocycles. The number of benzene rings is 2. The first-order chi connectivity index (χ1) is 10.0. The first-order valence-electron chi connectivity index (χ1n) is 7.05. The van der Waals surface area contributed by atoms with Gasteiger partial charge in [0, 0.05) is 12.5 Å². The number of fused-ring (bicyclic) bond motifs is 1. The van der Waals surface area contributed by atoms with Crippen LogP contribution in [-0.2, 0) is 4.74 Å². The Kier molecular flexibility index (Phi) is 4.81. The molecule has 112 valence electrons. The Morgan fingerprint density at radius 1 is 1.24 bits per heavy atom. The van der Waals surface area contributed by atoms with Gasteiger partial charge in [-0.2, -0.15) is 0 Å². The quantitative estimate of drug-likeness (QED) is 0.889. The maximum Gasteiger partial charge on any atom is 0.255 e. The first-order valence-corrected chi connectivity index (χ1v) is 7.05. The molecule has 2 rings (SSSR count). The van der Waals surface area contributed by atoms with E-state index in [4.69, 9.17) is 4.74 Å². The summed E-state index contributed by atoms with van der Waals surface area (Å²) in [4.78, 5) is 12.4. The van der Waals surface area contributed by atoms with Gasteiger partial charge >= 0.3 is 0 Å². The molecule has 0 fully saturated rings. The summed E-state index contributed by atoms with van der Waals surface area (Å²) in [5.41, 5.74) is 0.287. The van der Waals surface area contributed by atoms with E-state index < -0.39 is 0 Å². The van der Waals surface area contributed by atoms with E-state index in [2.05, 4.69) is 5.32 Å². The molecule has 0 aromatic heterocycles. The van der Waals surface area contributed by atoms with E-state index in [0.717, 1.165) is 5.39 Å². The SMILES string of the molecule is COCC(NC(=O)c1ccc2ccccc2c1O)C(C)C. The standard InChI is InChI=1S/C17H21NO3/c1-11(2)15(10-21-3)18-17(20)14-9-8-12-6-4-5-7-13(12)16(14)19/h4-9,11,15,19H,10H2,1-3H3,(H,18,20). The van der Waals surface area contributed by atoms with Gasteiger partial charge < -0.3 is 15.2 Å². The van der Waals surface area contributed by atoms with Crippen molar-refractivity contribution in [2.24, 2.45) is 5.92 Å². The van der Waals surface area contributed by atoms with Crippen LogP contribution in [0.1, 0.15) is 24.2 Å². The number of phenolic OH excluding ortho intramolecular Hbond substituents is 1. The number of phenols is 1. The Morgan fingerprint density at radius 3 is 2.62 bits per heavy atom. The van der Waals surface area contributed by atoms with Gasteiger partial charge in [0.25, 0.3) is 5.91 Å². The highest BCUT2D eigenvalue weighted by Crippen LogP contribution is 2.28. The average Bonchev–Trinajstić information content (AvgIpc) is 2.47. The minimum absolute atomic E-state index is 0.0190. The molecule has 1 unspecified atom stereocenters. The smallest absolute Gasteiger partial charge is 0.255 e. The molecule has 2 N–H and O–H groups in total. The summed E-state index contributed by atoms with van der Waals surface area (Å²) in [5, 5.41) is 14.8. The van der Waals surface area contributed by atoms with Crippen LogP contribution in [0.2, 0.25) is 0 Å². The van der Waals surface area contributed by atoms with Gasteiger partial charge in [0.1, 0.15) is 5.75 Å². The normalized spacial score (nSPS) is 12.6. The number of nitrogens with one attached hydrogen (secondary N) is 1. The lowest BCUT2D eigenvalue weighted by Crippen LogP contribution is -2.41. The van der Waals surface area contributed by atoms with Crippen LogP contribution in [0.4, 0.5) is 0 Å². The third kappa shape index (κ3) is 3.34. The predicted molar refractivity (Wildman–Crippen MR) is 83.6 cm³/mol. The molecular formula is C17H21NO3. The summed E-state index contributed by atoms with van der Waals surface area (Å²) in [6.45, 7) is 4.48. The summed E-state index contributed by atoms with van der Waals surface area (Å²) < 4.78 is 5.13. The molecule has 0 saturated heterocycles. The van der Waals surface area contributed by atoms with E-state index in [1.54, 1.807) is 19.2 Å². The number of rotatable bonds is 5. The second kappa shape index (κ2) is 6.59. The fraction of sp³-hybridized carbons (Fsp3) is 0.353. The van der Waals surface area contributed by atoms with Crippen LogP contribution in [0, 0.1) is 5.92 Å². The minimum Gasteiger partial charge on any atom is -0.506 e. The number of aromatic hydroxyl groups is 1. The third-order valence-corrected chi connectivity index (χ3v) is 3.61. The van der Waals surface area contributed by atoms with Crippen LogP contribution in [0.5, 0.6) is 5.75 Å². The molecule has 2 aromatic rings. The van der Waals surface area contributed by atoms with Crippen LogP contribution in [0.15, 0.2) is 36.4 Å². The van der Waals surface area contributed by atoms with Gasteiger partial charge in [-0.1, -0.05) is 44.2 Å². The zero-order valence-electron chi connectivity index (χ0n) is 12.6. The summed E-state index contributed by atoms with van der Waals surface area (Å²) >= 11 is 0. The highest BCUT2D eigenvalue weighted by Gasteiger charge is 2.19. The molecule has 0 heterocycles. The Balaban J connectivity index is 2.29. The van der Waals surface area contributed by atoms with Gasteiger partial charge in [-0.25, -0.2) is 0 Å². The zero-order valence-corrected chi connectivity index (χ0v) is 12.6. The third-order valence-electron chi connectivity index (χ3n) is 3.61. The Bertz CT molecular complexity index is 637. The van der Waals surface area contributed by atoms with E-state index in [9.17, 15) is 9.90 Å². The van der Waals surface area contributed by atoms with Crippen molar-refractivity contribution in [3.8, 4) is 5.75 Å². The van der Waals surface area contributed by atoms with Crippen molar-refractivity contribution in [2.75, 3.05) is 13.7 Å². The van der Waals surface area contributed by atoms with Crippen LogP contribution < -0.4 is 5.32 Å². The van der Waals surface area contributed by atoms with Crippen molar-refractivity contribution in [2.45, 2.75) is 19.9 Å². The van der Waals surface area contributed by atoms with Crippen LogP contribution in [0.25, 0.3) is 10.8 Å². The lowest BCUT2D eigenvalue weighted by atomic mass is 10.0. The molecule has 0 bridgehead atoms. The van der Waals surface area contributed by atoms with Crippen LogP contribution in [0.3, 0.4) is 0 Å².